The van der Waals surface area contributed by atoms with Gasteiger partial charge in [0.2, 0.25) is 0 Å². The molecule has 4 heteroatoms. The second-order valence-corrected chi connectivity index (χ2v) is 3.06. The van der Waals surface area contributed by atoms with Crippen molar-refractivity contribution in [3.8, 4) is 5.75 Å². The Balaban J connectivity index is 3.26. The van der Waals surface area contributed by atoms with Crippen LogP contribution < -0.4 is 0 Å². The van der Waals surface area contributed by atoms with E-state index in [-0.39, 0.29) is 11.3 Å². The third-order valence-corrected chi connectivity index (χ3v) is 2.23. The second-order valence-electron chi connectivity index (χ2n) is 3.06. The minimum absolute atomic E-state index is 0.0840. The van der Waals surface area contributed by atoms with Gasteiger partial charge in [0.15, 0.2) is 5.60 Å². The highest BCUT2D eigenvalue weighted by Crippen LogP contribution is 2.31. The van der Waals surface area contributed by atoms with E-state index in [0.29, 0.717) is 0 Å². The van der Waals surface area contributed by atoms with Crippen molar-refractivity contribution in [1.29, 1.82) is 0 Å². The van der Waals surface area contributed by atoms with Crippen molar-refractivity contribution in [2.24, 2.45) is 0 Å². The lowest BCUT2D eigenvalue weighted by Crippen LogP contribution is -2.34. The highest BCUT2D eigenvalue weighted by molar-refractivity contribution is 5.80. The molecule has 0 amide bonds. The maximum Gasteiger partial charge on any atom is 0.340 e. The van der Waals surface area contributed by atoms with Crippen LogP contribution in [-0.2, 0) is 15.1 Å². The molecule has 1 aromatic rings. The van der Waals surface area contributed by atoms with E-state index in [1.807, 2.05) is 0 Å². The number of rotatable bonds is 3. The number of carboxylic acids is 1. The summed E-state index contributed by atoms with van der Waals surface area (Å²) in [5, 5.41) is 18.5. The van der Waals surface area contributed by atoms with E-state index >= 15 is 0 Å². The number of hydrogen-bond acceptors (Lipinski definition) is 3. The zero-order valence-corrected chi connectivity index (χ0v) is 8.02. The highest BCUT2D eigenvalue weighted by atomic mass is 16.5. The summed E-state index contributed by atoms with van der Waals surface area (Å²) in [5.41, 5.74) is -1.26. The molecular weight excluding hydrogens is 184 g/mol. The molecule has 0 radical (unpaired) electrons. The first kappa shape index (κ1) is 10.5. The Hall–Kier alpha value is -1.55. The Bertz CT molecular complexity index is 348. The molecule has 2 N–H and O–H groups in total. The van der Waals surface area contributed by atoms with Gasteiger partial charge in [-0.2, -0.15) is 0 Å². The van der Waals surface area contributed by atoms with Crippen molar-refractivity contribution in [3.05, 3.63) is 29.8 Å². The molecule has 0 aliphatic carbocycles. The maximum absolute atomic E-state index is 11.0. The molecule has 76 valence electrons. The third-order valence-electron chi connectivity index (χ3n) is 2.23. The SMILES string of the molecule is COC(C)(C(=O)O)c1ccccc1O. The highest BCUT2D eigenvalue weighted by Gasteiger charge is 2.37. The van der Waals surface area contributed by atoms with Crippen LogP contribution >= 0.6 is 0 Å². The van der Waals surface area contributed by atoms with Crippen LogP contribution in [0, 0.1) is 0 Å². The zero-order valence-electron chi connectivity index (χ0n) is 8.02. The summed E-state index contributed by atoms with van der Waals surface area (Å²) in [6.45, 7) is 1.39. The zero-order chi connectivity index (χ0) is 10.8. The van der Waals surface area contributed by atoms with Gasteiger partial charge in [-0.25, -0.2) is 4.79 Å². The fourth-order valence-electron chi connectivity index (χ4n) is 1.19. The smallest absolute Gasteiger partial charge is 0.340 e. The first-order valence-electron chi connectivity index (χ1n) is 4.09. The monoisotopic (exact) mass is 196 g/mol. The van der Waals surface area contributed by atoms with Gasteiger partial charge in [-0.05, 0) is 13.0 Å². The number of hydrogen-bond donors (Lipinski definition) is 2. The van der Waals surface area contributed by atoms with E-state index in [1.165, 1.54) is 26.2 Å². The third kappa shape index (κ3) is 1.56. The molecule has 0 saturated carbocycles. The van der Waals surface area contributed by atoms with E-state index in [0.717, 1.165) is 0 Å². The van der Waals surface area contributed by atoms with Gasteiger partial charge in [0.05, 0.1) is 0 Å². The number of benzene rings is 1. The van der Waals surface area contributed by atoms with Crippen molar-refractivity contribution in [1.82, 2.24) is 0 Å². The Morgan fingerprint density at radius 3 is 2.43 bits per heavy atom. The molecule has 0 aromatic heterocycles. The van der Waals surface area contributed by atoms with Crippen molar-refractivity contribution in [3.63, 3.8) is 0 Å². The molecule has 1 unspecified atom stereocenters. The van der Waals surface area contributed by atoms with Gasteiger partial charge in [-0.1, -0.05) is 18.2 Å². The minimum atomic E-state index is -1.51. The van der Waals surface area contributed by atoms with Crippen LogP contribution in [-0.4, -0.2) is 23.3 Å². The van der Waals surface area contributed by atoms with Crippen molar-refractivity contribution < 1.29 is 19.7 Å². The molecule has 0 spiro atoms. The number of phenols is 1. The number of ether oxygens (including phenoxy) is 1. The summed E-state index contributed by atoms with van der Waals surface area (Å²) in [5.74, 6) is -1.22. The molecule has 0 saturated heterocycles. The molecular formula is C10H12O4. The quantitative estimate of drug-likeness (QED) is 0.765. The lowest BCUT2D eigenvalue weighted by Gasteiger charge is -2.24. The van der Waals surface area contributed by atoms with Crippen LogP contribution in [0.25, 0.3) is 0 Å². The van der Waals surface area contributed by atoms with Gasteiger partial charge in [-0.15, -0.1) is 0 Å². The summed E-state index contributed by atoms with van der Waals surface area (Å²) >= 11 is 0. The van der Waals surface area contributed by atoms with Crippen LogP contribution in [0.3, 0.4) is 0 Å². The summed E-state index contributed by atoms with van der Waals surface area (Å²) in [6.07, 6.45) is 0. The molecule has 0 aliphatic heterocycles. The summed E-state index contributed by atoms with van der Waals surface area (Å²) in [6, 6.07) is 6.22. The van der Waals surface area contributed by atoms with Crippen molar-refractivity contribution >= 4 is 5.97 Å². The van der Waals surface area contributed by atoms with E-state index in [1.54, 1.807) is 12.1 Å². The molecule has 1 rings (SSSR count). The fourth-order valence-corrected chi connectivity index (χ4v) is 1.19. The van der Waals surface area contributed by atoms with Crippen molar-refractivity contribution in [2.45, 2.75) is 12.5 Å². The van der Waals surface area contributed by atoms with Gasteiger partial charge in [0, 0.05) is 12.7 Å². The second kappa shape index (κ2) is 3.67. The largest absolute Gasteiger partial charge is 0.508 e. The predicted octanol–water partition coefficient (Wildman–Crippen LogP) is 1.34. The van der Waals surface area contributed by atoms with Gasteiger partial charge in [-0.3, -0.25) is 0 Å². The number of aliphatic carboxylic acids is 1. The lowest BCUT2D eigenvalue weighted by molar-refractivity contribution is -0.161. The standard InChI is InChI=1S/C10H12O4/c1-10(14-2,9(12)13)7-5-3-4-6-8(7)11/h3-6,11H,1-2H3,(H,12,13). The van der Waals surface area contributed by atoms with Gasteiger partial charge in [0.1, 0.15) is 5.75 Å². The number of carboxylic acid groups (broad SMARTS) is 1. The summed E-state index contributed by atoms with van der Waals surface area (Å²) < 4.78 is 4.91. The Labute approximate surface area is 81.8 Å². The number of phenolic OH excluding ortho intramolecular Hbond substituents is 1. The Kier molecular flexibility index (Phi) is 2.76. The molecule has 0 aliphatic rings. The summed E-state index contributed by atoms with van der Waals surface area (Å²) in [4.78, 5) is 11.0. The molecule has 14 heavy (non-hydrogen) atoms. The van der Waals surface area contributed by atoms with E-state index in [4.69, 9.17) is 9.84 Å². The first-order valence-corrected chi connectivity index (χ1v) is 4.09. The van der Waals surface area contributed by atoms with E-state index in [9.17, 15) is 9.90 Å². The van der Waals surface area contributed by atoms with Crippen molar-refractivity contribution in [2.75, 3.05) is 7.11 Å². The number of methoxy groups -OCH3 is 1. The Morgan fingerprint density at radius 1 is 1.43 bits per heavy atom. The molecule has 0 bridgehead atoms. The van der Waals surface area contributed by atoms with E-state index in [2.05, 4.69) is 0 Å². The lowest BCUT2D eigenvalue weighted by atomic mass is 9.95. The molecule has 4 nitrogen and oxygen atoms in total. The minimum Gasteiger partial charge on any atom is -0.508 e. The van der Waals surface area contributed by atoms with Gasteiger partial charge in [0.25, 0.3) is 0 Å². The predicted molar refractivity (Wildman–Crippen MR) is 50.1 cm³/mol. The normalized spacial score (nSPS) is 14.7. The van der Waals surface area contributed by atoms with Crippen LogP contribution in [0.1, 0.15) is 12.5 Å². The number of carbonyl (C=O) groups is 1. The molecule has 0 heterocycles. The fraction of sp³-hybridized carbons (Fsp3) is 0.300. The molecule has 1 aromatic carbocycles. The van der Waals surface area contributed by atoms with E-state index < -0.39 is 11.6 Å². The van der Waals surface area contributed by atoms with Gasteiger partial charge < -0.3 is 14.9 Å². The average molecular weight is 196 g/mol. The Morgan fingerprint density at radius 2 is 2.00 bits per heavy atom. The van der Waals surface area contributed by atoms with Crippen LogP contribution in [0.5, 0.6) is 5.75 Å². The number of para-hydroxylation sites is 1. The van der Waals surface area contributed by atoms with Crippen LogP contribution in [0.15, 0.2) is 24.3 Å². The van der Waals surface area contributed by atoms with Crippen LogP contribution in [0.2, 0.25) is 0 Å². The van der Waals surface area contributed by atoms with Gasteiger partial charge >= 0.3 is 5.97 Å². The summed E-state index contributed by atoms with van der Waals surface area (Å²) in [7, 11) is 1.29. The average Bonchev–Trinajstić information content (AvgIpc) is 2.17. The maximum atomic E-state index is 11.0. The van der Waals surface area contributed by atoms with Crippen LogP contribution in [0.4, 0.5) is 0 Å². The molecule has 0 fully saturated rings. The topological polar surface area (TPSA) is 66.8 Å². The first-order chi connectivity index (χ1) is 6.52. The molecule has 1 atom stereocenters. The number of aromatic hydroxyl groups is 1.